The molecule has 0 spiro atoms. The molecule has 0 aliphatic carbocycles. The molecule has 0 saturated heterocycles. The predicted molar refractivity (Wildman–Crippen MR) is 71.1 cm³/mol. The highest BCUT2D eigenvalue weighted by molar-refractivity contribution is 5.72. The first-order valence-electron chi connectivity index (χ1n) is 5.46. The molecule has 102 valence electrons. The highest BCUT2D eigenvalue weighted by atomic mass is 16.6. The topological polar surface area (TPSA) is 119 Å². The van der Waals surface area contributed by atoms with Crippen LogP contribution in [0.4, 0.5) is 22.7 Å². The number of benzene rings is 2. The van der Waals surface area contributed by atoms with Crippen LogP contribution >= 0.6 is 0 Å². The van der Waals surface area contributed by atoms with Crippen LogP contribution in [-0.2, 0) is 0 Å². The average molecular weight is 275 g/mol. The second-order valence-corrected chi connectivity index (χ2v) is 3.89. The third-order valence-corrected chi connectivity index (χ3v) is 2.51. The lowest BCUT2D eigenvalue weighted by atomic mass is 10.2. The Morgan fingerprint density at radius 3 is 2.35 bits per heavy atom. The summed E-state index contributed by atoms with van der Waals surface area (Å²) in [5.74, 6) is -0.000403. The van der Waals surface area contributed by atoms with Crippen LogP contribution in [0.2, 0.25) is 0 Å². The second-order valence-electron chi connectivity index (χ2n) is 3.89. The summed E-state index contributed by atoms with van der Waals surface area (Å²) in [5, 5.41) is 33.6. The fraction of sp³-hybridized carbons (Fsp3) is 0. The van der Waals surface area contributed by atoms with Crippen LogP contribution in [0.25, 0.3) is 0 Å². The lowest BCUT2D eigenvalue weighted by Gasteiger charge is -2.07. The van der Waals surface area contributed by atoms with Crippen LogP contribution < -0.4 is 5.32 Å². The maximum atomic E-state index is 10.9. The molecule has 0 bridgehead atoms. The Balaban J connectivity index is 2.41. The molecule has 0 fully saturated rings. The van der Waals surface area contributed by atoms with Gasteiger partial charge >= 0.3 is 0 Å². The van der Waals surface area contributed by atoms with Gasteiger partial charge in [0.2, 0.25) is 0 Å². The SMILES string of the molecule is O=[N+]([O-])c1ccc(Nc2cccc(O)c2)c([N+](=O)[O-])c1. The summed E-state index contributed by atoms with van der Waals surface area (Å²) < 4.78 is 0. The Morgan fingerprint density at radius 2 is 1.75 bits per heavy atom. The summed E-state index contributed by atoms with van der Waals surface area (Å²) in [7, 11) is 0. The van der Waals surface area contributed by atoms with E-state index in [4.69, 9.17) is 0 Å². The molecule has 0 aliphatic rings. The molecular weight excluding hydrogens is 266 g/mol. The molecule has 0 radical (unpaired) electrons. The van der Waals surface area contributed by atoms with Crippen LogP contribution in [0.1, 0.15) is 0 Å². The largest absolute Gasteiger partial charge is 0.508 e. The maximum absolute atomic E-state index is 10.9. The first kappa shape index (κ1) is 13.3. The summed E-state index contributed by atoms with van der Waals surface area (Å²) in [5.41, 5.74) is -0.242. The molecule has 0 unspecified atom stereocenters. The number of phenols is 1. The molecular formula is C12H9N3O5. The van der Waals surface area contributed by atoms with E-state index < -0.39 is 15.5 Å². The van der Waals surface area contributed by atoms with Crippen molar-refractivity contribution in [3.05, 3.63) is 62.7 Å². The smallest absolute Gasteiger partial charge is 0.299 e. The van der Waals surface area contributed by atoms with Gasteiger partial charge in [-0.05, 0) is 18.2 Å². The molecule has 0 amide bonds. The van der Waals surface area contributed by atoms with E-state index in [0.717, 1.165) is 12.1 Å². The number of nitrogens with one attached hydrogen (secondary N) is 1. The number of rotatable bonds is 4. The molecule has 0 aliphatic heterocycles. The summed E-state index contributed by atoms with van der Waals surface area (Å²) in [4.78, 5) is 20.2. The third kappa shape index (κ3) is 2.80. The number of nitrogens with zero attached hydrogens (tertiary/aromatic N) is 2. The summed E-state index contributed by atoms with van der Waals surface area (Å²) >= 11 is 0. The van der Waals surface area contributed by atoms with Crippen molar-refractivity contribution in [1.29, 1.82) is 0 Å². The number of hydrogen-bond donors (Lipinski definition) is 2. The number of nitro benzene ring substituents is 2. The molecule has 2 rings (SSSR count). The molecule has 8 heteroatoms. The van der Waals surface area contributed by atoms with Gasteiger partial charge in [-0.15, -0.1) is 0 Å². The normalized spacial score (nSPS) is 10.0. The Bertz CT molecular complexity index is 687. The number of anilines is 2. The lowest BCUT2D eigenvalue weighted by Crippen LogP contribution is -1.98. The number of nitro groups is 2. The zero-order valence-electron chi connectivity index (χ0n) is 10.0. The van der Waals surface area contributed by atoms with Crippen LogP contribution in [0, 0.1) is 20.2 Å². The minimum atomic E-state index is -0.710. The van der Waals surface area contributed by atoms with E-state index in [1.807, 2.05) is 0 Å². The summed E-state index contributed by atoms with van der Waals surface area (Å²) in [6, 6.07) is 9.30. The van der Waals surface area contributed by atoms with Gasteiger partial charge in [0, 0.05) is 17.8 Å². The third-order valence-electron chi connectivity index (χ3n) is 2.51. The van der Waals surface area contributed by atoms with E-state index in [1.165, 1.54) is 18.2 Å². The van der Waals surface area contributed by atoms with E-state index >= 15 is 0 Å². The first-order chi connectivity index (χ1) is 9.47. The molecule has 20 heavy (non-hydrogen) atoms. The van der Waals surface area contributed by atoms with Gasteiger partial charge in [0.05, 0.1) is 15.9 Å². The van der Waals surface area contributed by atoms with Crippen molar-refractivity contribution in [3.8, 4) is 5.75 Å². The molecule has 0 atom stereocenters. The zero-order chi connectivity index (χ0) is 14.7. The van der Waals surface area contributed by atoms with Crippen LogP contribution in [0.3, 0.4) is 0 Å². The first-order valence-corrected chi connectivity index (χ1v) is 5.46. The van der Waals surface area contributed by atoms with Crippen molar-refractivity contribution in [1.82, 2.24) is 0 Å². The van der Waals surface area contributed by atoms with Gasteiger partial charge in [-0.1, -0.05) is 6.07 Å². The fourth-order valence-electron chi connectivity index (χ4n) is 1.63. The van der Waals surface area contributed by atoms with Gasteiger partial charge in [0.25, 0.3) is 11.4 Å². The highest BCUT2D eigenvalue weighted by Crippen LogP contribution is 2.31. The van der Waals surface area contributed by atoms with E-state index in [-0.39, 0.29) is 17.1 Å². The Labute approximate surface area is 112 Å². The van der Waals surface area contributed by atoms with Crippen molar-refractivity contribution in [2.45, 2.75) is 0 Å². The second kappa shape index (κ2) is 5.22. The molecule has 0 saturated carbocycles. The van der Waals surface area contributed by atoms with Gasteiger partial charge in [0.15, 0.2) is 0 Å². The number of hydrogen-bond acceptors (Lipinski definition) is 6. The average Bonchev–Trinajstić information content (AvgIpc) is 2.38. The van der Waals surface area contributed by atoms with E-state index in [9.17, 15) is 25.3 Å². The molecule has 2 N–H and O–H groups in total. The Morgan fingerprint density at radius 1 is 1.00 bits per heavy atom. The highest BCUT2D eigenvalue weighted by Gasteiger charge is 2.19. The molecule has 0 heterocycles. The van der Waals surface area contributed by atoms with Gasteiger partial charge in [0.1, 0.15) is 11.4 Å². The monoisotopic (exact) mass is 275 g/mol. The van der Waals surface area contributed by atoms with Gasteiger partial charge in [-0.3, -0.25) is 20.2 Å². The molecule has 2 aromatic carbocycles. The summed E-state index contributed by atoms with van der Waals surface area (Å²) in [6.07, 6.45) is 0. The van der Waals surface area contributed by atoms with Crippen molar-refractivity contribution in [3.63, 3.8) is 0 Å². The minimum Gasteiger partial charge on any atom is -0.508 e. The van der Waals surface area contributed by atoms with E-state index in [0.29, 0.717) is 5.69 Å². The van der Waals surface area contributed by atoms with Crippen LogP contribution in [0.5, 0.6) is 5.75 Å². The molecule has 0 aromatic heterocycles. The van der Waals surface area contributed by atoms with Gasteiger partial charge < -0.3 is 10.4 Å². The minimum absolute atomic E-state index is 0.000403. The Kier molecular flexibility index (Phi) is 3.47. The van der Waals surface area contributed by atoms with Crippen molar-refractivity contribution in [2.75, 3.05) is 5.32 Å². The van der Waals surface area contributed by atoms with E-state index in [1.54, 1.807) is 12.1 Å². The molecule has 2 aromatic rings. The van der Waals surface area contributed by atoms with Gasteiger partial charge in [-0.25, -0.2) is 0 Å². The van der Waals surface area contributed by atoms with Gasteiger partial charge in [-0.2, -0.15) is 0 Å². The molecule has 8 nitrogen and oxygen atoms in total. The maximum Gasteiger partial charge on any atom is 0.299 e. The van der Waals surface area contributed by atoms with Crippen LogP contribution in [0.15, 0.2) is 42.5 Å². The van der Waals surface area contributed by atoms with E-state index in [2.05, 4.69) is 5.32 Å². The number of non-ortho nitro benzene ring substituents is 1. The van der Waals surface area contributed by atoms with Crippen LogP contribution in [-0.4, -0.2) is 15.0 Å². The van der Waals surface area contributed by atoms with Crippen molar-refractivity contribution < 1.29 is 15.0 Å². The standard InChI is InChI=1S/C12H9N3O5/c16-10-3-1-2-8(6-10)13-11-5-4-9(14(17)18)7-12(11)15(19)20/h1-7,13,16H. The lowest BCUT2D eigenvalue weighted by molar-refractivity contribution is -0.393. The fourth-order valence-corrected chi connectivity index (χ4v) is 1.63. The number of phenolic OH excluding ortho intramolecular Hbond substituents is 1. The zero-order valence-corrected chi connectivity index (χ0v) is 10.0. The number of aromatic hydroxyl groups is 1. The quantitative estimate of drug-likeness (QED) is 0.654. The Hall–Kier alpha value is -3.16. The summed E-state index contributed by atoms with van der Waals surface area (Å²) in [6.45, 7) is 0. The van der Waals surface area contributed by atoms with Crippen molar-refractivity contribution >= 4 is 22.7 Å². The van der Waals surface area contributed by atoms with Crippen molar-refractivity contribution in [2.24, 2.45) is 0 Å². The predicted octanol–water partition coefficient (Wildman–Crippen LogP) is 2.95.